The number of aryl methyl sites for hydroxylation is 1. The molecule has 0 radical (unpaired) electrons. The number of hydrogen-bond acceptors (Lipinski definition) is 2. The van der Waals surface area contributed by atoms with E-state index in [1.54, 1.807) is 12.1 Å². The minimum atomic E-state index is -0.410. The van der Waals surface area contributed by atoms with Gasteiger partial charge in [-0.25, -0.2) is 0 Å². The highest BCUT2D eigenvalue weighted by Gasteiger charge is 2.10. The van der Waals surface area contributed by atoms with Gasteiger partial charge in [-0.05, 0) is 42.3 Å². The Bertz CT molecular complexity index is 744. The van der Waals surface area contributed by atoms with Crippen LogP contribution in [0.1, 0.15) is 11.1 Å². The molecule has 3 nitrogen and oxygen atoms in total. The fourth-order valence-corrected chi connectivity index (χ4v) is 2.23. The Morgan fingerprint density at radius 3 is 2.67 bits per heavy atom. The first-order valence-electron chi connectivity index (χ1n) is 6.34. The maximum Gasteiger partial charge on any atom is 0.266 e. The standard InChI is InChI=1S/C17H13BrN2O/c1-12-5-2-3-8-16(12)20-17(21)14(11-19)9-13-6-4-7-15(18)10-13/h2-10H,1H3,(H,20,21)/b14-9-. The number of rotatable bonds is 3. The molecule has 4 heteroatoms. The zero-order valence-electron chi connectivity index (χ0n) is 11.4. The van der Waals surface area contributed by atoms with Gasteiger partial charge in [0.15, 0.2) is 0 Å². The van der Waals surface area contributed by atoms with E-state index in [4.69, 9.17) is 0 Å². The summed E-state index contributed by atoms with van der Waals surface area (Å²) in [5.74, 6) is -0.410. The van der Waals surface area contributed by atoms with E-state index >= 15 is 0 Å². The minimum absolute atomic E-state index is 0.0661. The number of hydrogen-bond donors (Lipinski definition) is 1. The second-order valence-electron chi connectivity index (χ2n) is 4.49. The molecule has 0 saturated heterocycles. The van der Waals surface area contributed by atoms with E-state index in [-0.39, 0.29) is 5.57 Å². The molecule has 2 aromatic carbocycles. The molecule has 0 aromatic heterocycles. The molecule has 2 aromatic rings. The van der Waals surface area contributed by atoms with E-state index in [9.17, 15) is 10.1 Å². The lowest BCUT2D eigenvalue weighted by Gasteiger charge is -2.07. The first-order valence-corrected chi connectivity index (χ1v) is 7.14. The summed E-state index contributed by atoms with van der Waals surface area (Å²) in [6.45, 7) is 1.90. The number of amides is 1. The van der Waals surface area contributed by atoms with Crippen LogP contribution < -0.4 is 5.32 Å². The van der Waals surface area contributed by atoms with E-state index in [0.29, 0.717) is 5.69 Å². The quantitative estimate of drug-likeness (QED) is 0.668. The number of nitrogens with zero attached hydrogens (tertiary/aromatic N) is 1. The van der Waals surface area contributed by atoms with Crippen LogP contribution in [-0.4, -0.2) is 5.91 Å². The van der Waals surface area contributed by atoms with Gasteiger partial charge in [0, 0.05) is 10.2 Å². The van der Waals surface area contributed by atoms with Crippen LogP contribution in [0.3, 0.4) is 0 Å². The summed E-state index contributed by atoms with van der Waals surface area (Å²) in [5.41, 5.74) is 2.51. The molecular formula is C17H13BrN2O. The molecule has 1 N–H and O–H groups in total. The van der Waals surface area contributed by atoms with Crippen LogP contribution in [0, 0.1) is 18.3 Å². The Balaban J connectivity index is 2.24. The predicted octanol–water partition coefficient (Wildman–Crippen LogP) is 4.30. The van der Waals surface area contributed by atoms with Gasteiger partial charge in [-0.3, -0.25) is 4.79 Å². The van der Waals surface area contributed by atoms with Crippen LogP contribution in [0.15, 0.2) is 58.6 Å². The molecule has 0 spiro atoms. The Kier molecular flexibility index (Phi) is 4.91. The molecule has 0 bridgehead atoms. The Labute approximate surface area is 132 Å². The van der Waals surface area contributed by atoms with E-state index < -0.39 is 5.91 Å². The number of benzene rings is 2. The van der Waals surface area contributed by atoms with Crippen LogP contribution in [-0.2, 0) is 4.79 Å². The third-order valence-corrected chi connectivity index (χ3v) is 3.41. The molecule has 0 unspecified atom stereocenters. The molecule has 0 aliphatic rings. The van der Waals surface area contributed by atoms with E-state index in [2.05, 4.69) is 21.2 Å². The maximum atomic E-state index is 12.2. The number of carbonyl (C=O) groups excluding carboxylic acids is 1. The van der Waals surface area contributed by atoms with Gasteiger partial charge in [-0.15, -0.1) is 0 Å². The normalized spacial score (nSPS) is 10.8. The highest BCUT2D eigenvalue weighted by Crippen LogP contribution is 2.17. The largest absolute Gasteiger partial charge is 0.321 e. The fraction of sp³-hybridized carbons (Fsp3) is 0.0588. The van der Waals surface area contributed by atoms with Crippen molar-refractivity contribution in [3.63, 3.8) is 0 Å². The molecule has 0 aliphatic heterocycles. The minimum Gasteiger partial charge on any atom is -0.321 e. The first kappa shape index (κ1) is 15.0. The van der Waals surface area contributed by atoms with E-state index in [0.717, 1.165) is 15.6 Å². The lowest BCUT2D eigenvalue weighted by atomic mass is 10.1. The van der Waals surface area contributed by atoms with E-state index in [1.807, 2.05) is 55.5 Å². The topological polar surface area (TPSA) is 52.9 Å². The van der Waals surface area contributed by atoms with Crippen LogP contribution in [0.4, 0.5) is 5.69 Å². The smallest absolute Gasteiger partial charge is 0.266 e. The average molecular weight is 341 g/mol. The molecule has 0 heterocycles. The van der Waals surface area contributed by atoms with Gasteiger partial charge in [-0.2, -0.15) is 5.26 Å². The van der Waals surface area contributed by atoms with Crippen LogP contribution >= 0.6 is 15.9 Å². The Morgan fingerprint density at radius 1 is 1.24 bits per heavy atom. The van der Waals surface area contributed by atoms with E-state index in [1.165, 1.54) is 0 Å². The SMILES string of the molecule is Cc1ccccc1NC(=O)/C(C#N)=C\c1cccc(Br)c1. The van der Waals surface area contributed by atoms with Gasteiger partial charge >= 0.3 is 0 Å². The summed E-state index contributed by atoms with van der Waals surface area (Å²) in [4.78, 5) is 12.2. The molecule has 2 rings (SSSR count). The van der Waals surface area contributed by atoms with Crippen molar-refractivity contribution in [1.82, 2.24) is 0 Å². The van der Waals surface area contributed by atoms with Crippen molar-refractivity contribution in [3.05, 3.63) is 69.7 Å². The van der Waals surface area contributed by atoms with Gasteiger partial charge in [0.25, 0.3) is 5.91 Å². The number of para-hydroxylation sites is 1. The summed E-state index contributed by atoms with van der Waals surface area (Å²) in [7, 11) is 0. The van der Waals surface area contributed by atoms with Crippen molar-refractivity contribution in [2.24, 2.45) is 0 Å². The number of halogens is 1. The lowest BCUT2D eigenvalue weighted by molar-refractivity contribution is -0.112. The monoisotopic (exact) mass is 340 g/mol. The molecule has 104 valence electrons. The van der Waals surface area contributed by atoms with Crippen LogP contribution in [0.2, 0.25) is 0 Å². The van der Waals surface area contributed by atoms with Crippen molar-refractivity contribution < 1.29 is 4.79 Å². The van der Waals surface area contributed by atoms with Gasteiger partial charge in [-0.1, -0.05) is 46.3 Å². The second kappa shape index (κ2) is 6.87. The number of nitriles is 1. The van der Waals surface area contributed by atoms with Crippen LogP contribution in [0.5, 0.6) is 0 Å². The fourth-order valence-electron chi connectivity index (χ4n) is 1.81. The van der Waals surface area contributed by atoms with Crippen molar-refractivity contribution >= 4 is 33.6 Å². The molecule has 21 heavy (non-hydrogen) atoms. The maximum absolute atomic E-state index is 12.2. The Morgan fingerprint density at radius 2 is 2.00 bits per heavy atom. The van der Waals surface area contributed by atoms with Gasteiger partial charge in [0.05, 0.1) is 0 Å². The second-order valence-corrected chi connectivity index (χ2v) is 5.41. The molecule has 0 aliphatic carbocycles. The first-order chi connectivity index (χ1) is 10.1. The van der Waals surface area contributed by atoms with Crippen molar-refractivity contribution in [2.75, 3.05) is 5.32 Å². The highest BCUT2D eigenvalue weighted by atomic mass is 79.9. The highest BCUT2D eigenvalue weighted by molar-refractivity contribution is 9.10. The van der Waals surface area contributed by atoms with Crippen molar-refractivity contribution in [2.45, 2.75) is 6.92 Å². The summed E-state index contributed by atoms with van der Waals surface area (Å²) in [6, 6.07) is 16.8. The van der Waals surface area contributed by atoms with Crippen LogP contribution in [0.25, 0.3) is 6.08 Å². The average Bonchev–Trinajstić information content (AvgIpc) is 2.47. The van der Waals surface area contributed by atoms with Crippen molar-refractivity contribution in [3.8, 4) is 6.07 Å². The summed E-state index contributed by atoms with van der Waals surface area (Å²) in [5, 5.41) is 11.9. The van der Waals surface area contributed by atoms with Gasteiger partial charge in [0.1, 0.15) is 11.6 Å². The molecule has 0 atom stereocenters. The van der Waals surface area contributed by atoms with Gasteiger partial charge < -0.3 is 5.32 Å². The lowest BCUT2D eigenvalue weighted by Crippen LogP contribution is -2.14. The Hall–Kier alpha value is -2.38. The number of carbonyl (C=O) groups is 1. The zero-order chi connectivity index (χ0) is 15.2. The summed E-state index contributed by atoms with van der Waals surface area (Å²) in [6.07, 6.45) is 1.57. The third-order valence-electron chi connectivity index (χ3n) is 2.92. The molecule has 0 saturated carbocycles. The molecular weight excluding hydrogens is 328 g/mol. The predicted molar refractivity (Wildman–Crippen MR) is 87.5 cm³/mol. The zero-order valence-corrected chi connectivity index (χ0v) is 13.0. The van der Waals surface area contributed by atoms with Crippen molar-refractivity contribution in [1.29, 1.82) is 5.26 Å². The molecule has 1 amide bonds. The number of anilines is 1. The van der Waals surface area contributed by atoms with Gasteiger partial charge in [0.2, 0.25) is 0 Å². The molecule has 0 fully saturated rings. The number of nitrogens with one attached hydrogen (secondary N) is 1. The third kappa shape index (κ3) is 4.04. The summed E-state index contributed by atoms with van der Waals surface area (Å²) < 4.78 is 0.896. The summed E-state index contributed by atoms with van der Waals surface area (Å²) >= 11 is 3.36.